The van der Waals surface area contributed by atoms with E-state index in [4.69, 9.17) is 5.63 Å². The third-order valence-corrected chi connectivity index (χ3v) is 15.7. The molecule has 0 atom stereocenters. The second-order valence-electron chi connectivity index (χ2n) is 9.92. The van der Waals surface area contributed by atoms with Crippen molar-refractivity contribution in [3.63, 3.8) is 0 Å². The minimum absolute atomic E-state index is 0.0617. The molecule has 0 unspecified atom stereocenters. The van der Waals surface area contributed by atoms with Gasteiger partial charge in [-0.05, 0) is 0 Å². The van der Waals surface area contributed by atoms with E-state index in [2.05, 4.69) is 24.3 Å². The molecule has 0 heterocycles. The first-order valence-electron chi connectivity index (χ1n) is 13.6. The van der Waals surface area contributed by atoms with E-state index in [9.17, 15) is 9.59 Å². The van der Waals surface area contributed by atoms with Crippen molar-refractivity contribution < 1.29 is 36.4 Å². The molecule has 0 bridgehead atoms. The molecule has 4 nitrogen and oxygen atoms in total. The van der Waals surface area contributed by atoms with E-state index in [-0.39, 0.29) is 11.6 Å². The fourth-order valence-electron chi connectivity index (χ4n) is 5.12. The zero-order chi connectivity index (χ0) is 28.1. The summed E-state index contributed by atoms with van der Waals surface area (Å²) in [7, 11) is 0. The molecule has 41 heavy (non-hydrogen) atoms. The average molecular weight is 616 g/mol. The molecule has 0 aliphatic heterocycles. The first-order valence-corrected chi connectivity index (χ1v) is 18.1. The summed E-state index contributed by atoms with van der Waals surface area (Å²) in [6.07, 6.45) is 14.0. The predicted molar refractivity (Wildman–Crippen MR) is 158 cm³/mol. The molecular formula is C36H28O4Zr. The van der Waals surface area contributed by atoms with Gasteiger partial charge in [-0.15, -0.1) is 0 Å². The topological polar surface area (TPSA) is 52.6 Å². The number of hydrogen-bond donors (Lipinski definition) is 0. The van der Waals surface area contributed by atoms with Gasteiger partial charge in [0.1, 0.15) is 0 Å². The van der Waals surface area contributed by atoms with E-state index in [1.165, 1.54) is 0 Å². The van der Waals surface area contributed by atoms with Gasteiger partial charge >= 0.3 is 247 Å². The summed E-state index contributed by atoms with van der Waals surface area (Å²) >= 11 is -4.35. The molecule has 4 aromatic rings. The standard InChI is InChI=1S/2C13H10O2.2C5H5.Zr/c2*14-12-8-4-7-11(9-12)13(15)10-5-2-1-3-6-10;2*1-2-4-5-3-1;/h2*1-9,14H;2*1-3H,4H2;/q;;;;+2/p-2. The second kappa shape index (κ2) is 12.0. The second-order valence-corrected chi connectivity index (χ2v) is 17.1. The molecule has 0 amide bonds. The first-order chi connectivity index (χ1) is 20.1. The molecule has 6 rings (SSSR count). The Bertz CT molecular complexity index is 1590. The quantitative estimate of drug-likeness (QED) is 0.169. The van der Waals surface area contributed by atoms with Crippen LogP contribution in [0.2, 0.25) is 0 Å². The molecule has 0 saturated heterocycles. The Labute approximate surface area is 245 Å². The molecule has 2 aliphatic rings. The molecule has 4 aromatic carbocycles. The number of allylic oxidation sites excluding steroid dienone is 8. The number of ketones is 2. The molecule has 0 spiro atoms. The summed E-state index contributed by atoms with van der Waals surface area (Å²) in [4.78, 5) is 26.5. The zero-order valence-corrected chi connectivity index (χ0v) is 24.9. The molecule has 0 aromatic heterocycles. The van der Waals surface area contributed by atoms with E-state index in [1.807, 2.05) is 121 Å². The fraction of sp³-hybridized carbons (Fsp3) is 0.0556. The summed E-state index contributed by atoms with van der Waals surface area (Å²) in [6, 6.07) is 33.2. The summed E-state index contributed by atoms with van der Waals surface area (Å²) in [5, 5.41) is 0. The van der Waals surface area contributed by atoms with Crippen LogP contribution < -0.4 is 5.63 Å². The van der Waals surface area contributed by atoms with Crippen LogP contribution in [-0.2, 0) is 21.1 Å². The van der Waals surface area contributed by atoms with E-state index in [0.29, 0.717) is 33.8 Å². The first kappa shape index (κ1) is 26.9. The fourth-order valence-corrected chi connectivity index (χ4v) is 13.2. The van der Waals surface area contributed by atoms with Gasteiger partial charge in [0.2, 0.25) is 0 Å². The summed E-state index contributed by atoms with van der Waals surface area (Å²) in [6.45, 7) is 0. The minimum atomic E-state index is -4.35. The molecular weight excluding hydrogens is 588 g/mol. The van der Waals surface area contributed by atoms with Crippen LogP contribution >= 0.6 is 0 Å². The van der Waals surface area contributed by atoms with Gasteiger partial charge < -0.3 is 0 Å². The molecule has 2 aliphatic carbocycles. The van der Waals surface area contributed by atoms with Crippen molar-refractivity contribution in [1.29, 1.82) is 0 Å². The van der Waals surface area contributed by atoms with Crippen LogP contribution in [0.1, 0.15) is 44.7 Å². The van der Waals surface area contributed by atoms with Crippen LogP contribution in [0, 0.1) is 0 Å². The van der Waals surface area contributed by atoms with Crippen LogP contribution in [-0.4, -0.2) is 11.6 Å². The van der Waals surface area contributed by atoms with Crippen LogP contribution in [0.4, 0.5) is 0 Å². The Morgan fingerprint density at radius 1 is 0.512 bits per heavy atom. The Balaban J connectivity index is 1.38. The number of hydrogen-bond acceptors (Lipinski definition) is 4. The van der Waals surface area contributed by atoms with Crippen molar-refractivity contribution in [1.82, 2.24) is 0 Å². The van der Waals surface area contributed by atoms with Crippen molar-refractivity contribution >= 4 is 11.6 Å². The monoisotopic (exact) mass is 614 g/mol. The van der Waals surface area contributed by atoms with E-state index in [0.717, 1.165) is 19.4 Å². The Kier molecular flexibility index (Phi) is 7.89. The van der Waals surface area contributed by atoms with E-state index in [1.54, 1.807) is 0 Å². The van der Waals surface area contributed by atoms with Crippen molar-refractivity contribution in [2.45, 2.75) is 12.8 Å². The number of carbonyl (C=O) groups is 2. The SMILES string of the molecule is O=C(c1ccccc1)c1cccc([O][Zr]([O]c2cccc(C(=O)c3ccccc3)c2)([C]2=CC=CC2)[C]2=CC=CC2)c1. The van der Waals surface area contributed by atoms with Gasteiger partial charge in [0.25, 0.3) is 0 Å². The summed E-state index contributed by atoms with van der Waals surface area (Å²) in [5.74, 6) is 1.07. The van der Waals surface area contributed by atoms with Crippen LogP contribution in [0.3, 0.4) is 0 Å². The van der Waals surface area contributed by atoms with Crippen molar-refractivity contribution in [3.8, 4) is 11.5 Å². The summed E-state index contributed by atoms with van der Waals surface area (Å²) < 4.78 is 16.3. The maximum absolute atomic E-state index is 13.2. The number of rotatable bonds is 10. The third-order valence-electron chi connectivity index (χ3n) is 7.18. The molecule has 5 heteroatoms. The van der Waals surface area contributed by atoms with Gasteiger partial charge in [0, 0.05) is 0 Å². The van der Waals surface area contributed by atoms with Crippen molar-refractivity contribution in [2.75, 3.05) is 0 Å². The average Bonchev–Trinajstić information content (AvgIpc) is 3.77. The predicted octanol–water partition coefficient (Wildman–Crippen LogP) is 8.28. The Morgan fingerprint density at radius 3 is 1.32 bits per heavy atom. The van der Waals surface area contributed by atoms with Gasteiger partial charge in [-0.25, -0.2) is 0 Å². The van der Waals surface area contributed by atoms with E-state index < -0.39 is 21.1 Å². The van der Waals surface area contributed by atoms with Gasteiger partial charge in [-0.3, -0.25) is 0 Å². The van der Waals surface area contributed by atoms with Crippen LogP contribution in [0.25, 0.3) is 0 Å². The molecule has 0 radical (unpaired) electrons. The van der Waals surface area contributed by atoms with Gasteiger partial charge in [0.15, 0.2) is 0 Å². The van der Waals surface area contributed by atoms with Crippen molar-refractivity contribution in [3.05, 3.63) is 174 Å². The van der Waals surface area contributed by atoms with Gasteiger partial charge in [-0.1, -0.05) is 0 Å². The third kappa shape index (κ3) is 5.77. The summed E-state index contributed by atoms with van der Waals surface area (Å²) in [5.41, 5.74) is 2.37. The Morgan fingerprint density at radius 2 is 0.927 bits per heavy atom. The normalized spacial score (nSPS) is 14.0. The number of benzene rings is 4. The molecule has 0 N–H and O–H groups in total. The zero-order valence-electron chi connectivity index (χ0n) is 22.4. The maximum atomic E-state index is 13.2. The van der Waals surface area contributed by atoms with Crippen LogP contribution in [0.5, 0.6) is 11.5 Å². The van der Waals surface area contributed by atoms with E-state index >= 15 is 0 Å². The van der Waals surface area contributed by atoms with Crippen molar-refractivity contribution in [2.24, 2.45) is 0 Å². The molecule has 200 valence electrons. The Hall–Kier alpha value is -4.34. The van der Waals surface area contributed by atoms with Gasteiger partial charge in [-0.2, -0.15) is 0 Å². The molecule has 0 saturated carbocycles. The van der Waals surface area contributed by atoms with Crippen LogP contribution in [0.15, 0.2) is 152 Å². The number of carbonyl (C=O) groups excluding carboxylic acids is 2. The van der Waals surface area contributed by atoms with Gasteiger partial charge in [0.05, 0.1) is 0 Å². The molecule has 0 fully saturated rings.